The van der Waals surface area contributed by atoms with Crippen molar-refractivity contribution in [2.24, 2.45) is 0 Å². The molecule has 3 aliphatic heterocycles. The Morgan fingerprint density at radius 1 is 1.18 bits per heavy atom. The lowest BCUT2D eigenvalue weighted by Gasteiger charge is -2.35. The Kier molecular flexibility index (Phi) is 3.94. The highest BCUT2D eigenvalue weighted by atomic mass is 16.7. The fraction of sp³-hybridized carbons (Fsp3) is 0.647. The zero-order chi connectivity index (χ0) is 14.9. The number of methoxy groups -OCH3 is 1. The van der Waals surface area contributed by atoms with E-state index in [-0.39, 0.29) is 6.10 Å². The van der Waals surface area contributed by atoms with Crippen molar-refractivity contribution < 1.29 is 18.9 Å². The number of benzene rings is 1. The van der Waals surface area contributed by atoms with Crippen molar-refractivity contribution in [1.82, 2.24) is 4.90 Å². The van der Waals surface area contributed by atoms with E-state index in [0.717, 1.165) is 37.4 Å². The van der Waals surface area contributed by atoms with Crippen LogP contribution in [0.3, 0.4) is 0 Å². The molecule has 0 N–H and O–H groups in total. The maximum Gasteiger partial charge on any atom is 0.231 e. The molecule has 5 nitrogen and oxygen atoms in total. The number of rotatable bonds is 4. The molecule has 3 atom stereocenters. The minimum atomic E-state index is 0.275. The molecule has 2 saturated heterocycles. The molecule has 0 aliphatic carbocycles. The fourth-order valence-corrected chi connectivity index (χ4v) is 3.86. The lowest BCUT2D eigenvalue weighted by Crippen LogP contribution is -2.43. The first-order chi connectivity index (χ1) is 10.8. The molecule has 22 heavy (non-hydrogen) atoms. The average molecular weight is 305 g/mol. The van der Waals surface area contributed by atoms with Crippen molar-refractivity contribution in [2.45, 2.75) is 44.1 Å². The van der Waals surface area contributed by atoms with E-state index in [1.165, 1.54) is 12.0 Å². The van der Waals surface area contributed by atoms with Crippen LogP contribution in [0.5, 0.6) is 11.5 Å². The van der Waals surface area contributed by atoms with E-state index in [2.05, 4.69) is 17.0 Å². The Hall–Kier alpha value is -1.30. The number of nitrogens with zero attached hydrogens (tertiary/aromatic N) is 1. The monoisotopic (exact) mass is 305 g/mol. The highest BCUT2D eigenvalue weighted by molar-refractivity contribution is 5.44. The van der Waals surface area contributed by atoms with E-state index in [0.29, 0.717) is 25.5 Å². The highest BCUT2D eigenvalue weighted by Crippen LogP contribution is 2.35. The Labute approximate surface area is 131 Å². The molecule has 3 aliphatic rings. The van der Waals surface area contributed by atoms with Gasteiger partial charge < -0.3 is 18.9 Å². The topological polar surface area (TPSA) is 40.2 Å². The fourth-order valence-electron chi connectivity index (χ4n) is 3.86. The summed E-state index contributed by atoms with van der Waals surface area (Å²) in [5.74, 6) is 1.72. The number of fused-ring (bicyclic) bond motifs is 2. The van der Waals surface area contributed by atoms with Crippen molar-refractivity contribution in [3.63, 3.8) is 0 Å². The number of likely N-dealkylation sites (tertiary alicyclic amines) is 1. The second-order valence-electron chi connectivity index (χ2n) is 6.34. The van der Waals surface area contributed by atoms with E-state index in [9.17, 15) is 0 Å². The molecule has 1 aromatic rings. The molecule has 0 radical (unpaired) electrons. The maximum atomic E-state index is 6.18. The van der Waals surface area contributed by atoms with Crippen molar-refractivity contribution in [1.29, 1.82) is 0 Å². The van der Waals surface area contributed by atoms with Gasteiger partial charge in [0.2, 0.25) is 6.79 Å². The summed E-state index contributed by atoms with van der Waals surface area (Å²) < 4.78 is 22.3. The predicted octanol–water partition coefficient (Wildman–Crippen LogP) is 2.18. The van der Waals surface area contributed by atoms with Gasteiger partial charge in [0.25, 0.3) is 0 Å². The summed E-state index contributed by atoms with van der Waals surface area (Å²) in [5.41, 5.74) is 1.28. The number of ether oxygens (including phenoxy) is 4. The average Bonchev–Trinajstić information content (AvgIpc) is 3.14. The van der Waals surface area contributed by atoms with Crippen molar-refractivity contribution >= 4 is 0 Å². The minimum absolute atomic E-state index is 0.275. The Morgan fingerprint density at radius 3 is 3.00 bits per heavy atom. The van der Waals surface area contributed by atoms with Gasteiger partial charge in [0.15, 0.2) is 11.5 Å². The van der Waals surface area contributed by atoms with Gasteiger partial charge in [-0.05, 0) is 37.0 Å². The summed E-state index contributed by atoms with van der Waals surface area (Å²) in [6, 6.07) is 6.79. The highest BCUT2D eigenvalue weighted by Gasteiger charge is 2.39. The molecule has 4 rings (SSSR count). The molecular weight excluding hydrogens is 282 g/mol. The summed E-state index contributed by atoms with van der Waals surface area (Å²) in [5, 5.41) is 0. The number of hydrogen-bond donors (Lipinski definition) is 0. The molecule has 3 heterocycles. The largest absolute Gasteiger partial charge is 0.454 e. The summed E-state index contributed by atoms with van der Waals surface area (Å²) in [6.45, 7) is 3.10. The quantitative estimate of drug-likeness (QED) is 0.853. The van der Waals surface area contributed by atoms with Gasteiger partial charge in [-0.3, -0.25) is 4.90 Å². The minimum Gasteiger partial charge on any atom is -0.454 e. The van der Waals surface area contributed by atoms with E-state index in [4.69, 9.17) is 18.9 Å². The molecule has 2 fully saturated rings. The zero-order valence-electron chi connectivity index (χ0n) is 13.0. The third kappa shape index (κ3) is 2.69. The summed E-state index contributed by atoms with van der Waals surface area (Å²) in [7, 11) is 1.75. The van der Waals surface area contributed by atoms with Gasteiger partial charge in [-0.15, -0.1) is 0 Å². The first kappa shape index (κ1) is 14.3. The van der Waals surface area contributed by atoms with Crippen molar-refractivity contribution in [3.8, 4) is 11.5 Å². The SMILES string of the molecule is COC[C@@H]1CC[C@H]2[C@H](CCN2Cc2ccc3c(c2)OCO3)O1. The molecule has 1 aromatic carbocycles. The van der Waals surface area contributed by atoms with Crippen LogP contribution in [0.2, 0.25) is 0 Å². The van der Waals surface area contributed by atoms with Crippen LogP contribution >= 0.6 is 0 Å². The Balaban J connectivity index is 1.40. The molecule has 0 bridgehead atoms. The van der Waals surface area contributed by atoms with Gasteiger partial charge in [-0.1, -0.05) is 6.07 Å². The molecule has 0 aromatic heterocycles. The molecule has 0 amide bonds. The molecule has 0 unspecified atom stereocenters. The van der Waals surface area contributed by atoms with E-state index < -0.39 is 0 Å². The lowest BCUT2D eigenvalue weighted by molar-refractivity contribution is -0.0938. The molecule has 0 saturated carbocycles. The van der Waals surface area contributed by atoms with Crippen LogP contribution in [0.15, 0.2) is 18.2 Å². The maximum absolute atomic E-state index is 6.18. The number of hydrogen-bond acceptors (Lipinski definition) is 5. The molecular formula is C17H23NO4. The summed E-state index contributed by atoms with van der Waals surface area (Å²) >= 11 is 0. The van der Waals surface area contributed by atoms with Crippen molar-refractivity contribution in [2.75, 3.05) is 27.1 Å². The van der Waals surface area contributed by atoms with Gasteiger partial charge in [-0.25, -0.2) is 0 Å². The van der Waals surface area contributed by atoms with Crippen LogP contribution in [0, 0.1) is 0 Å². The van der Waals surface area contributed by atoms with E-state index in [1.807, 2.05) is 6.07 Å². The van der Waals surface area contributed by atoms with Crippen LogP contribution in [-0.2, 0) is 16.0 Å². The normalized spacial score (nSPS) is 30.5. The second kappa shape index (κ2) is 6.07. The second-order valence-corrected chi connectivity index (χ2v) is 6.34. The summed E-state index contributed by atoms with van der Waals surface area (Å²) in [4.78, 5) is 2.55. The third-order valence-electron chi connectivity index (χ3n) is 4.93. The van der Waals surface area contributed by atoms with Crippen molar-refractivity contribution in [3.05, 3.63) is 23.8 Å². The van der Waals surface area contributed by atoms with Crippen LogP contribution in [0.1, 0.15) is 24.8 Å². The van der Waals surface area contributed by atoms with Gasteiger partial charge in [0.1, 0.15) is 0 Å². The Morgan fingerprint density at radius 2 is 2.09 bits per heavy atom. The van der Waals surface area contributed by atoms with Gasteiger partial charge in [0.05, 0.1) is 18.8 Å². The van der Waals surface area contributed by atoms with Gasteiger partial charge >= 0.3 is 0 Å². The lowest BCUT2D eigenvalue weighted by atomic mass is 9.99. The Bertz CT molecular complexity index is 535. The third-order valence-corrected chi connectivity index (χ3v) is 4.93. The van der Waals surface area contributed by atoms with Gasteiger partial charge in [-0.2, -0.15) is 0 Å². The van der Waals surface area contributed by atoms with Gasteiger partial charge in [0, 0.05) is 26.2 Å². The molecule has 5 heteroatoms. The van der Waals surface area contributed by atoms with E-state index >= 15 is 0 Å². The predicted molar refractivity (Wildman–Crippen MR) is 81.2 cm³/mol. The van der Waals surface area contributed by atoms with Crippen LogP contribution in [0.4, 0.5) is 0 Å². The molecule has 120 valence electrons. The van der Waals surface area contributed by atoms with Crippen LogP contribution in [-0.4, -0.2) is 50.2 Å². The first-order valence-corrected chi connectivity index (χ1v) is 8.10. The first-order valence-electron chi connectivity index (χ1n) is 8.10. The van der Waals surface area contributed by atoms with E-state index in [1.54, 1.807) is 7.11 Å². The molecule has 0 spiro atoms. The zero-order valence-corrected chi connectivity index (χ0v) is 13.0. The van der Waals surface area contributed by atoms with Crippen LogP contribution in [0.25, 0.3) is 0 Å². The smallest absolute Gasteiger partial charge is 0.231 e. The summed E-state index contributed by atoms with van der Waals surface area (Å²) in [6.07, 6.45) is 4.05. The van der Waals surface area contributed by atoms with Crippen LogP contribution < -0.4 is 9.47 Å². The standard InChI is InChI=1S/C17H23NO4/c1-19-10-13-3-4-14-15(22-13)6-7-18(14)9-12-2-5-16-17(8-12)21-11-20-16/h2,5,8,13-15H,3-4,6-7,9-11H2,1H3/t13-,14-,15-/m0/s1.